The van der Waals surface area contributed by atoms with Gasteiger partial charge in [0.05, 0.1) is 11.0 Å². The van der Waals surface area contributed by atoms with Crippen molar-refractivity contribution >= 4 is 40.1 Å². The third-order valence-electron chi connectivity index (χ3n) is 4.11. The standard InChI is InChI=1S/C19H21N3O2.ClH/c1-20-11-6-12-21-18(23)13-22-16-9-4-2-7-14(16)19(24)15-8-3-5-10-17(15)22;/h2-5,7-10,20H,6,11-13H2,1H3,(H,21,23);1H. The number of benzene rings is 2. The highest BCUT2D eigenvalue weighted by atomic mass is 35.5. The van der Waals surface area contributed by atoms with Gasteiger partial charge in [-0.25, -0.2) is 0 Å². The smallest absolute Gasteiger partial charge is 0.239 e. The molecule has 0 unspecified atom stereocenters. The molecule has 0 aliphatic heterocycles. The summed E-state index contributed by atoms with van der Waals surface area (Å²) in [6.07, 6.45) is 0.883. The number of hydrogen-bond acceptors (Lipinski definition) is 3. The number of carbonyl (C=O) groups excluding carboxylic acids is 1. The average molecular weight is 360 g/mol. The Morgan fingerprint density at radius 1 is 0.960 bits per heavy atom. The van der Waals surface area contributed by atoms with Gasteiger partial charge in [-0.1, -0.05) is 24.3 Å². The predicted octanol–water partition coefficient (Wildman–Crippen LogP) is 2.30. The summed E-state index contributed by atoms with van der Waals surface area (Å²) in [7, 11) is 1.89. The number of fused-ring (bicyclic) bond motifs is 2. The molecule has 0 saturated heterocycles. The molecule has 3 rings (SSSR count). The van der Waals surface area contributed by atoms with Crippen molar-refractivity contribution in [3.8, 4) is 0 Å². The SMILES string of the molecule is CNCCCNC(=O)Cn1c2ccccc2c(=O)c2ccccc21.Cl. The number of aromatic nitrogens is 1. The maximum atomic E-state index is 12.6. The fourth-order valence-corrected chi connectivity index (χ4v) is 2.94. The van der Waals surface area contributed by atoms with Crippen molar-refractivity contribution in [1.29, 1.82) is 0 Å². The molecule has 0 saturated carbocycles. The molecule has 1 heterocycles. The van der Waals surface area contributed by atoms with Crippen molar-refractivity contribution in [2.24, 2.45) is 0 Å². The van der Waals surface area contributed by atoms with Gasteiger partial charge in [0.25, 0.3) is 0 Å². The van der Waals surface area contributed by atoms with Crippen molar-refractivity contribution in [2.45, 2.75) is 13.0 Å². The molecule has 6 heteroatoms. The molecular weight excluding hydrogens is 338 g/mol. The van der Waals surface area contributed by atoms with Gasteiger partial charge in [-0.15, -0.1) is 12.4 Å². The van der Waals surface area contributed by atoms with Gasteiger partial charge in [0.1, 0.15) is 6.54 Å². The Morgan fingerprint density at radius 3 is 2.08 bits per heavy atom. The van der Waals surface area contributed by atoms with E-state index < -0.39 is 0 Å². The first-order valence-electron chi connectivity index (χ1n) is 8.14. The average Bonchev–Trinajstić information content (AvgIpc) is 2.62. The zero-order chi connectivity index (χ0) is 16.9. The van der Waals surface area contributed by atoms with Crippen LogP contribution in [0.2, 0.25) is 0 Å². The minimum Gasteiger partial charge on any atom is -0.355 e. The monoisotopic (exact) mass is 359 g/mol. The number of rotatable bonds is 6. The largest absolute Gasteiger partial charge is 0.355 e. The van der Waals surface area contributed by atoms with E-state index in [1.54, 1.807) is 0 Å². The van der Waals surface area contributed by atoms with E-state index in [0.717, 1.165) is 24.0 Å². The number of hydrogen-bond donors (Lipinski definition) is 2. The molecule has 1 aromatic heterocycles. The van der Waals surface area contributed by atoms with Gasteiger partial charge in [0, 0.05) is 17.3 Å². The lowest BCUT2D eigenvalue weighted by molar-refractivity contribution is -0.121. The van der Waals surface area contributed by atoms with Crippen LogP contribution in [-0.2, 0) is 11.3 Å². The maximum absolute atomic E-state index is 12.6. The van der Waals surface area contributed by atoms with E-state index in [4.69, 9.17) is 0 Å². The van der Waals surface area contributed by atoms with Crippen LogP contribution < -0.4 is 16.1 Å². The zero-order valence-electron chi connectivity index (χ0n) is 14.1. The van der Waals surface area contributed by atoms with Crippen molar-refractivity contribution in [1.82, 2.24) is 15.2 Å². The summed E-state index contributed by atoms with van der Waals surface area (Å²) in [5, 5.41) is 7.26. The van der Waals surface area contributed by atoms with E-state index in [2.05, 4.69) is 10.6 Å². The molecule has 0 atom stereocenters. The van der Waals surface area contributed by atoms with Crippen LogP contribution in [0.15, 0.2) is 53.3 Å². The lowest BCUT2D eigenvalue weighted by Crippen LogP contribution is -2.30. The fourth-order valence-electron chi connectivity index (χ4n) is 2.94. The molecule has 0 spiro atoms. The van der Waals surface area contributed by atoms with Crippen LogP contribution in [-0.4, -0.2) is 30.6 Å². The van der Waals surface area contributed by atoms with E-state index in [-0.39, 0.29) is 30.3 Å². The quantitative estimate of drug-likeness (QED) is 0.524. The van der Waals surface area contributed by atoms with Gasteiger partial charge in [0.15, 0.2) is 5.43 Å². The normalized spacial score (nSPS) is 10.6. The number of para-hydroxylation sites is 2. The van der Waals surface area contributed by atoms with Crippen molar-refractivity contribution in [3.63, 3.8) is 0 Å². The Labute approximate surface area is 152 Å². The van der Waals surface area contributed by atoms with Gasteiger partial charge in [-0.2, -0.15) is 0 Å². The molecule has 1 amide bonds. The Hall–Kier alpha value is -2.37. The van der Waals surface area contributed by atoms with Crippen molar-refractivity contribution < 1.29 is 4.79 Å². The third-order valence-corrected chi connectivity index (χ3v) is 4.11. The second kappa shape index (κ2) is 8.65. The van der Waals surface area contributed by atoms with E-state index in [0.29, 0.717) is 17.3 Å². The maximum Gasteiger partial charge on any atom is 0.239 e. The van der Waals surface area contributed by atoms with Crippen LogP contribution in [0, 0.1) is 0 Å². The summed E-state index contributed by atoms with van der Waals surface area (Å²) in [6, 6.07) is 14.9. The summed E-state index contributed by atoms with van der Waals surface area (Å²) in [6.45, 7) is 1.70. The summed E-state index contributed by atoms with van der Waals surface area (Å²) in [4.78, 5) is 25.0. The van der Waals surface area contributed by atoms with Gasteiger partial charge < -0.3 is 15.2 Å². The summed E-state index contributed by atoms with van der Waals surface area (Å²) in [5.41, 5.74) is 1.57. The van der Waals surface area contributed by atoms with E-state index in [9.17, 15) is 9.59 Å². The van der Waals surface area contributed by atoms with Crippen LogP contribution in [0.4, 0.5) is 0 Å². The van der Waals surface area contributed by atoms with E-state index >= 15 is 0 Å². The number of amides is 1. The summed E-state index contributed by atoms with van der Waals surface area (Å²) >= 11 is 0. The van der Waals surface area contributed by atoms with Crippen LogP contribution in [0.5, 0.6) is 0 Å². The Balaban J connectivity index is 0.00000225. The first kappa shape index (κ1) is 19.0. The molecular formula is C19H22ClN3O2. The molecule has 132 valence electrons. The highest BCUT2D eigenvalue weighted by Gasteiger charge is 2.12. The number of nitrogens with one attached hydrogen (secondary N) is 2. The van der Waals surface area contributed by atoms with Crippen LogP contribution in [0.25, 0.3) is 21.8 Å². The molecule has 0 aliphatic rings. The molecule has 0 bridgehead atoms. The zero-order valence-corrected chi connectivity index (χ0v) is 14.9. The molecule has 3 aromatic rings. The Kier molecular flexibility index (Phi) is 6.56. The van der Waals surface area contributed by atoms with Gasteiger partial charge in [-0.05, 0) is 44.3 Å². The minimum absolute atomic E-state index is 0. The first-order chi connectivity index (χ1) is 11.7. The topological polar surface area (TPSA) is 63.1 Å². The Bertz CT molecular complexity index is 877. The molecule has 2 N–H and O–H groups in total. The molecule has 25 heavy (non-hydrogen) atoms. The number of nitrogens with zero attached hydrogens (tertiary/aromatic N) is 1. The number of pyridine rings is 1. The van der Waals surface area contributed by atoms with Crippen molar-refractivity contribution in [2.75, 3.05) is 20.1 Å². The summed E-state index contributed by atoms with van der Waals surface area (Å²) in [5.74, 6) is -0.0509. The van der Waals surface area contributed by atoms with E-state index in [1.807, 2.05) is 60.1 Å². The highest BCUT2D eigenvalue weighted by Crippen LogP contribution is 2.18. The molecule has 5 nitrogen and oxygen atoms in total. The lowest BCUT2D eigenvalue weighted by Gasteiger charge is -2.15. The predicted molar refractivity (Wildman–Crippen MR) is 105 cm³/mol. The fraction of sp³-hybridized carbons (Fsp3) is 0.263. The number of halogens is 1. The minimum atomic E-state index is -0.0509. The van der Waals surface area contributed by atoms with E-state index in [1.165, 1.54) is 0 Å². The first-order valence-corrected chi connectivity index (χ1v) is 8.14. The van der Waals surface area contributed by atoms with Crippen LogP contribution in [0.1, 0.15) is 6.42 Å². The number of carbonyl (C=O) groups is 1. The molecule has 0 aliphatic carbocycles. The third kappa shape index (κ3) is 4.00. The van der Waals surface area contributed by atoms with Crippen LogP contribution >= 0.6 is 12.4 Å². The summed E-state index contributed by atoms with van der Waals surface area (Å²) < 4.78 is 1.92. The second-order valence-electron chi connectivity index (χ2n) is 5.76. The molecule has 2 aromatic carbocycles. The van der Waals surface area contributed by atoms with Gasteiger partial charge in [-0.3, -0.25) is 9.59 Å². The van der Waals surface area contributed by atoms with Gasteiger partial charge in [0.2, 0.25) is 5.91 Å². The lowest BCUT2D eigenvalue weighted by atomic mass is 10.1. The molecule has 0 radical (unpaired) electrons. The second-order valence-corrected chi connectivity index (χ2v) is 5.76. The molecule has 0 fully saturated rings. The van der Waals surface area contributed by atoms with Gasteiger partial charge >= 0.3 is 0 Å². The van der Waals surface area contributed by atoms with Crippen molar-refractivity contribution in [3.05, 3.63) is 58.8 Å². The highest BCUT2D eigenvalue weighted by molar-refractivity contribution is 5.94. The Morgan fingerprint density at radius 2 is 1.52 bits per heavy atom. The van der Waals surface area contributed by atoms with Crippen LogP contribution in [0.3, 0.4) is 0 Å².